The maximum atomic E-state index is 6.04. The molecule has 1 spiro atoms. The third-order valence-electron chi connectivity index (χ3n) is 3.85. The quantitative estimate of drug-likeness (QED) is 0.657. The second kappa shape index (κ2) is 3.79. The Bertz CT molecular complexity index is 319. The van der Waals surface area contributed by atoms with Crippen molar-refractivity contribution in [1.82, 2.24) is 0 Å². The SMILES string of the molecule is C=CC1O[C@@H]2OC(C)(C)O[C@@H]2[C@@]12CCCCO2. The van der Waals surface area contributed by atoms with Crippen LogP contribution in [0.25, 0.3) is 0 Å². The fourth-order valence-electron chi connectivity index (χ4n) is 3.12. The lowest BCUT2D eigenvalue weighted by Crippen LogP contribution is -2.52. The second-order valence-electron chi connectivity index (χ2n) is 5.48. The van der Waals surface area contributed by atoms with Gasteiger partial charge >= 0.3 is 0 Å². The van der Waals surface area contributed by atoms with E-state index in [1.807, 2.05) is 19.9 Å². The van der Waals surface area contributed by atoms with Crippen molar-refractivity contribution in [2.45, 2.75) is 63.0 Å². The Hall–Kier alpha value is -0.420. The molecule has 0 radical (unpaired) electrons. The van der Waals surface area contributed by atoms with E-state index in [-0.39, 0.29) is 18.5 Å². The van der Waals surface area contributed by atoms with E-state index in [0.29, 0.717) is 0 Å². The van der Waals surface area contributed by atoms with Crippen molar-refractivity contribution in [3.63, 3.8) is 0 Å². The van der Waals surface area contributed by atoms with Crippen molar-refractivity contribution < 1.29 is 18.9 Å². The molecule has 96 valence electrons. The highest BCUT2D eigenvalue weighted by Gasteiger charge is 2.63. The Morgan fingerprint density at radius 2 is 2.06 bits per heavy atom. The summed E-state index contributed by atoms with van der Waals surface area (Å²) in [5.41, 5.74) is -0.390. The van der Waals surface area contributed by atoms with Crippen LogP contribution in [0.3, 0.4) is 0 Å². The molecular weight excluding hydrogens is 220 g/mol. The molecular formula is C13H20O4. The number of fused-ring (bicyclic) bond motifs is 2. The first-order chi connectivity index (χ1) is 8.07. The molecule has 0 bridgehead atoms. The van der Waals surface area contributed by atoms with Crippen molar-refractivity contribution in [3.05, 3.63) is 12.7 Å². The third kappa shape index (κ3) is 1.66. The average molecular weight is 240 g/mol. The van der Waals surface area contributed by atoms with E-state index in [1.165, 1.54) is 0 Å². The van der Waals surface area contributed by atoms with Gasteiger partial charge in [0, 0.05) is 6.61 Å². The summed E-state index contributed by atoms with van der Waals surface area (Å²) in [6, 6.07) is 0. The van der Waals surface area contributed by atoms with E-state index in [0.717, 1.165) is 25.9 Å². The Kier molecular flexibility index (Phi) is 2.60. The van der Waals surface area contributed by atoms with Gasteiger partial charge in [0.2, 0.25) is 0 Å². The van der Waals surface area contributed by atoms with Crippen LogP contribution in [0.15, 0.2) is 12.7 Å². The van der Waals surface area contributed by atoms with E-state index < -0.39 is 11.4 Å². The fourth-order valence-corrected chi connectivity index (χ4v) is 3.12. The van der Waals surface area contributed by atoms with Gasteiger partial charge in [-0.1, -0.05) is 6.08 Å². The lowest BCUT2D eigenvalue weighted by molar-refractivity contribution is -0.235. The Morgan fingerprint density at radius 3 is 2.71 bits per heavy atom. The van der Waals surface area contributed by atoms with Crippen molar-refractivity contribution in [2.24, 2.45) is 0 Å². The summed E-state index contributed by atoms with van der Waals surface area (Å²) < 4.78 is 23.6. The first-order valence-electron chi connectivity index (χ1n) is 6.35. The molecule has 17 heavy (non-hydrogen) atoms. The molecule has 1 unspecified atom stereocenters. The monoisotopic (exact) mass is 240 g/mol. The maximum absolute atomic E-state index is 6.04. The molecule has 3 heterocycles. The lowest BCUT2D eigenvalue weighted by atomic mass is 9.85. The number of hydrogen-bond donors (Lipinski definition) is 0. The smallest absolute Gasteiger partial charge is 0.190 e. The maximum Gasteiger partial charge on any atom is 0.190 e. The number of hydrogen-bond acceptors (Lipinski definition) is 4. The van der Waals surface area contributed by atoms with Gasteiger partial charge in [-0.3, -0.25) is 0 Å². The molecule has 0 N–H and O–H groups in total. The molecule has 0 aliphatic carbocycles. The lowest BCUT2D eigenvalue weighted by Gasteiger charge is -2.39. The molecule has 4 heteroatoms. The van der Waals surface area contributed by atoms with Gasteiger partial charge in [-0.25, -0.2) is 0 Å². The van der Waals surface area contributed by atoms with Gasteiger partial charge in [0.1, 0.15) is 17.8 Å². The summed E-state index contributed by atoms with van der Waals surface area (Å²) in [6.45, 7) is 8.43. The van der Waals surface area contributed by atoms with Crippen LogP contribution in [0.5, 0.6) is 0 Å². The third-order valence-corrected chi connectivity index (χ3v) is 3.85. The summed E-state index contributed by atoms with van der Waals surface area (Å²) in [7, 11) is 0. The molecule has 4 nitrogen and oxygen atoms in total. The van der Waals surface area contributed by atoms with Gasteiger partial charge in [0.05, 0.1) is 0 Å². The van der Waals surface area contributed by atoms with Crippen molar-refractivity contribution in [1.29, 1.82) is 0 Å². The molecule has 0 aromatic carbocycles. The van der Waals surface area contributed by atoms with Crippen LogP contribution in [0.2, 0.25) is 0 Å². The van der Waals surface area contributed by atoms with Crippen LogP contribution in [0, 0.1) is 0 Å². The van der Waals surface area contributed by atoms with Crippen molar-refractivity contribution in [3.8, 4) is 0 Å². The van der Waals surface area contributed by atoms with Crippen LogP contribution in [-0.4, -0.2) is 36.5 Å². The van der Waals surface area contributed by atoms with E-state index in [4.69, 9.17) is 18.9 Å². The highest BCUT2D eigenvalue weighted by molar-refractivity contribution is 5.12. The van der Waals surface area contributed by atoms with E-state index in [2.05, 4.69) is 6.58 Å². The molecule has 4 atom stereocenters. The highest BCUT2D eigenvalue weighted by atomic mass is 16.8. The standard InChI is InChI=1S/C13H20O4/c1-4-9-13(7-5-6-8-14-13)10-11(15-9)17-12(2,3)16-10/h4,9-11H,1,5-8H2,2-3H3/t9?,10-,11+,13+/m0/s1. The van der Waals surface area contributed by atoms with Crippen LogP contribution in [-0.2, 0) is 18.9 Å². The number of ether oxygens (including phenoxy) is 4. The van der Waals surface area contributed by atoms with Gasteiger partial charge in [-0.15, -0.1) is 6.58 Å². The fraction of sp³-hybridized carbons (Fsp3) is 0.846. The second-order valence-corrected chi connectivity index (χ2v) is 5.48. The first kappa shape index (κ1) is 11.7. The van der Waals surface area contributed by atoms with Gasteiger partial charge in [0.25, 0.3) is 0 Å². The van der Waals surface area contributed by atoms with Crippen LogP contribution in [0.1, 0.15) is 33.1 Å². The van der Waals surface area contributed by atoms with Crippen LogP contribution in [0.4, 0.5) is 0 Å². The number of rotatable bonds is 1. The van der Waals surface area contributed by atoms with Gasteiger partial charge in [-0.05, 0) is 33.1 Å². The molecule has 3 rings (SSSR count). The zero-order valence-electron chi connectivity index (χ0n) is 10.5. The first-order valence-corrected chi connectivity index (χ1v) is 6.35. The molecule has 0 aromatic rings. The van der Waals surface area contributed by atoms with Crippen molar-refractivity contribution in [2.75, 3.05) is 6.61 Å². The molecule has 0 saturated carbocycles. The van der Waals surface area contributed by atoms with Crippen LogP contribution >= 0.6 is 0 Å². The molecule has 3 aliphatic rings. The molecule has 3 saturated heterocycles. The van der Waals surface area contributed by atoms with Crippen molar-refractivity contribution >= 4 is 0 Å². The minimum atomic E-state index is -0.588. The van der Waals surface area contributed by atoms with E-state index in [9.17, 15) is 0 Å². The van der Waals surface area contributed by atoms with E-state index >= 15 is 0 Å². The summed E-state index contributed by atoms with van der Waals surface area (Å²) >= 11 is 0. The predicted octanol–water partition coefficient (Wildman–Crippen LogP) is 1.99. The largest absolute Gasteiger partial charge is 0.369 e. The van der Waals surface area contributed by atoms with Crippen LogP contribution < -0.4 is 0 Å². The van der Waals surface area contributed by atoms with Gasteiger partial charge in [0.15, 0.2) is 12.1 Å². The highest BCUT2D eigenvalue weighted by Crippen LogP contribution is 2.48. The average Bonchev–Trinajstić information content (AvgIpc) is 2.74. The molecule has 3 fully saturated rings. The summed E-state index contributed by atoms with van der Waals surface area (Å²) in [4.78, 5) is 0. The summed E-state index contributed by atoms with van der Waals surface area (Å²) in [5, 5.41) is 0. The Balaban J connectivity index is 1.90. The zero-order chi connectivity index (χ0) is 12.1. The normalized spacial score (nSPS) is 48.2. The van der Waals surface area contributed by atoms with Gasteiger partial charge in [-0.2, -0.15) is 0 Å². The molecule has 0 aromatic heterocycles. The predicted molar refractivity (Wildman–Crippen MR) is 61.4 cm³/mol. The summed E-state index contributed by atoms with van der Waals surface area (Å²) in [6.07, 6.45) is 4.41. The van der Waals surface area contributed by atoms with E-state index in [1.54, 1.807) is 0 Å². The topological polar surface area (TPSA) is 36.9 Å². The minimum absolute atomic E-state index is 0.131. The molecule has 3 aliphatic heterocycles. The molecule has 0 amide bonds. The summed E-state index contributed by atoms with van der Waals surface area (Å²) in [5.74, 6) is -0.588. The Labute approximate surface area is 102 Å². The Morgan fingerprint density at radius 1 is 1.24 bits per heavy atom. The zero-order valence-corrected chi connectivity index (χ0v) is 10.5. The van der Waals surface area contributed by atoms with Gasteiger partial charge < -0.3 is 18.9 Å². The minimum Gasteiger partial charge on any atom is -0.369 e.